The van der Waals surface area contributed by atoms with E-state index in [0.29, 0.717) is 16.9 Å². The highest BCUT2D eigenvalue weighted by Crippen LogP contribution is 2.32. The number of aliphatic imine (C=N–C) groups is 1. The van der Waals surface area contributed by atoms with Crippen LogP contribution in [0.2, 0.25) is 0 Å². The Hall–Kier alpha value is -5.28. The number of anilines is 1. The molecule has 46 heavy (non-hydrogen) atoms. The zero-order valence-electron chi connectivity index (χ0n) is 26.4. The fourth-order valence-corrected chi connectivity index (χ4v) is 5.22. The number of aromatic nitrogens is 1. The number of nitrogens with zero attached hydrogens (tertiary/aromatic N) is 3. The minimum absolute atomic E-state index is 0.0122. The first-order valence-electron chi connectivity index (χ1n) is 15.1. The summed E-state index contributed by atoms with van der Waals surface area (Å²) in [6, 6.07) is 28.4. The van der Waals surface area contributed by atoms with Crippen molar-refractivity contribution >= 4 is 34.8 Å². The van der Waals surface area contributed by atoms with Gasteiger partial charge in [-0.15, -0.1) is 0 Å². The molecule has 3 aromatic carbocycles. The highest BCUT2D eigenvalue weighted by molar-refractivity contribution is 6.27. The standard InChI is InChI=1S/C37H37N5O4/c1-24(40-32(44)22-25-17-19-27(20-18-25)26-12-6-5-7-13-26)34(45)37(38)35(46)42(23-31(43)36(2,3)4)30-16-9-8-14-28(30)33(41-37)29-15-10-11-21-39-29/h5-21,24H,22-23,38H2,1-4H3,(H,40,44)/t24-,37?/m0/s1. The third-order valence-corrected chi connectivity index (χ3v) is 7.93. The molecule has 0 saturated carbocycles. The fourth-order valence-electron chi connectivity index (χ4n) is 5.22. The number of hydrogen-bond acceptors (Lipinski definition) is 7. The Balaban J connectivity index is 1.45. The Morgan fingerprint density at radius 3 is 2.15 bits per heavy atom. The molecule has 9 heteroatoms. The molecule has 1 aliphatic rings. The van der Waals surface area contributed by atoms with E-state index >= 15 is 0 Å². The van der Waals surface area contributed by atoms with Gasteiger partial charge < -0.3 is 10.2 Å². The van der Waals surface area contributed by atoms with Gasteiger partial charge in [-0.2, -0.15) is 0 Å². The summed E-state index contributed by atoms with van der Waals surface area (Å²) in [5, 5.41) is 2.70. The molecule has 5 rings (SSSR count). The van der Waals surface area contributed by atoms with Crippen molar-refractivity contribution < 1.29 is 19.2 Å². The largest absolute Gasteiger partial charge is 0.346 e. The quantitative estimate of drug-likeness (QED) is 0.266. The molecule has 0 spiro atoms. The van der Waals surface area contributed by atoms with Gasteiger partial charge in [0.25, 0.3) is 5.91 Å². The van der Waals surface area contributed by atoms with E-state index < -0.39 is 34.7 Å². The summed E-state index contributed by atoms with van der Waals surface area (Å²) < 4.78 is 0. The third kappa shape index (κ3) is 6.69. The predicted molar refractivity (Wildman–Crippen MR) is 178 cm³/mol. The van der Waals surface area contributed by atoms with E-state index in [9.17, 15) is 19.2 Å². The molecule has 0 saturated heterocycles. The molecule has 0 aliphatic carbocycles. The lowest BCUT2D eigenvalue weighted by Crippen LogP contribution is -2.64. The average molecular weight is 616 g/mol. The zero-order valence-corrected chi connectivity index (χ0v) is 26.4. The second-order valence-electron chi connectivity index (χ2n) is 12.4. The van der Waals surface area contributed by atoms with Gasteiger partial charge in [0.05, 0.1) is 36.1 Å². The minimum atomic E-state index is -2.46. The van der Waals surface area contributed by atoms with Crippen LogP contribution in [0.3, 0.4) is 0 Å². The van der Waals surface area contributed by atoms with Gasteiger partial charge in [-0.25, -0.2) is 4.99 Å². The number of benzene rings is 3. The van der Waals surface area contributed by atoms with Crippen LogP contribution < -0.4 is 16.0 Å². The van der Waals surface area contributed by atoms with Crippen molar-refractivity contribution in [1.82, 2.24) is 10.3 Å². The van der Waals surface area contributed by atoms with E-state index in [4.69, 9.17) is 5.73 Å². The Labute approximate surface area is 268 Å². The van der Waals surface area contributed by atoms with E-state index in [2.05, 4.69) is 15.3 Å². The highest BCUT2D eigenvalue weighted by Gasteiger charge is 2.50. The Kier molecular flexibility index (Phi) is 9.07. The van der Waals surface area contributed by atoms with Crippen molar-refractivity contribution in [3.63, 3.8) is 0 Å². The van der Waals surface area contributed by atoms with Gasteiger partial charge in [0.15, 0.2) is 5.78 Å². The first-order chi connectivity index (χ1) is 21.9. The van der Waals surface area contributed by atoms with Gasteiger partial charge in [0.2, 0.25) is 17.4 Å². The van der Waals surface area contributed by atoms with Crippen molar-refractivity contribution in [1.29, 1.82) is 0 Å². The molecular weight excluding hydrogens is 578 g/mol. The van der Waals surface area contributed by atoms with Crippen LogP contribution >= 0.6 is 0 Å². The van der Waals surface area contributed by atoms with Crippen LogP contribution in [-0.2, 0) is 25.6 Å². The number of fused-ring (bicyclic) bond motifs is 1. The third-order valence-electron chi connectivity index (χ3n) is 7.93. The fraction of sp³-hybridized carbons (Fsp3) is 0.243. The van der Waals surface area contributed by atoms with E-state index in [0.717, 1.165) is 16.7 Å². The number of benzodiazepines with no additional fused rings is 1. The van der Waals surface area contributed by atoms with Gasteiger partial charge in [0.1, 0.15) is 0 Å². The van der Waals surface area contributed by atoms with Crippen molar-refractivity contribution in [2.24, 2.45) is 16.1 Å². The lowest BCUT2D eigenvalue weighted by Gasteiger charge is -2.32. The molecular formula is C37H37N5O4. The van der Waals surface area contributed by atoms with Gasteiger partial charge in [-0.05, 0) is 41.8 Å². The summed E-state index contributed by atoms with van der Waals surface area (Å²) in [4.78, 5) is 65.1. The molecule has 1 unspecified atom stereocenters. The van der Waals surface area contributed by atoms with Crippen LogP contribution in [-0.4, -0.2) is 52.3 Å². The number of amides is 2. The SMILES string of the molecule is C[C@H](NC(=O)Cc1ccc(-c2ccccc2)cc1)C(=O)C1(N)N=C(c2ccccn2)c2ccccc2N(CC(=O)C(C)(C)C)C1=O. The highest BCUT2D eigenvalue weighted by atomic mass is 16.2. The molecule has 0 fully saturated rings. The predicted octanol–water partition coefficient (Wildman–Crippen LogP) is 4.52. The summed E-state index contributed by atoms with van der Waals surface area (Å²) in [5.74, 6) is -2.34. The van der Waals surface area contributed by atoms with Crippen LogP contribution in [0, 0.1) is 5.41 Å². The molecule has 4 aromatic rings. The molecule has 0 radical (unpaired) electrons. The van der Waals surface area contributed by atoms with Crippen LogP contribution in [0.5, 0.6) is 0 Å². The summed E-state index contributed by atoms with van der Waals surface area (Å²) >= 11 is 0. The molecule has 1 aromatic heterocycles. The second-order valence-corrected chi connectivity index (χ2v) is 12.4. The summed E-state index contributed by atoms with van der Waals surface area (Å²) in [6.45, 7) is 6.42. The maximum Gasteiger partial charge on any atom is 0.278 e. The van der Waals surface area contributed by atoms with Crippen molar-refractivity contribution in [2.75, 3.05) is 11.4 Å². The van der Waals surface area contributed by atoms with Gasteiger partial charge in [0, 0.05) is 17.2 Å². The van der Waals surface area contributed by atoms with E-state index in [1.54, 1.807) is 69.4 Å². The van der Waals surface area contributed by atoms with Crippen LogP contribution in [0.4, 0.5) is 5.69 Å². The van der Waals surface area contributed by atoms with Crippen LogP contribution in [0.15, 0.2) is 108 Å². The number of nitrogens with one attached hydrogen (secondary N) is 1. The Morgan fingerprint density at radius 2 is 1.50 bits per heavy atom. The van der Waals surface area contributed by atoms with Crippen molar-refractivity contribution in [3.05, 3.63) is 120 Å². The topological polar surface area (TPSA) is 135 Å². The monoisotopic (exact) mass is 615 g/mol. The van der Waals surface area contributed by atoms with Crippen LogP contribution in [0.25, 0.3) is 11.1 Å². The molecule has 0 bridgehead atoms. The Bertz CT molecular complexity index is 1800. The van der Waals surface area contributed by atoms with Gasteiger partial charge in [-0.3, -0.25) is 29.9 Å². The molecule has 3 N–H and O–H groups in total. The summed E-state index contributed by atoms with van der Waals surface area (Å²) in [6.07, 6.45) is 1.58. The molecule has 234 valence electrons. The van der Waals surface area contributed by atoms with Gasteiger partial charge >= 0.3 is 0 Å². The molecule has 2 atom stereocenters. The number of carbonyl (C=O) groups is 4. The lowest BCUT2D eigenvalue weighted by molar-refractivity contribution is -0.137. The van der Waals surface area contributed by atoms with E-state index in [1.807, 2.05) is 54.6 Å². The number of para-hydroxylation sites is 1. The minimum Gasteiger partial charge on any atom is -0.346 e. The first-order valence-corrected chi connectivity index (χ1v) is 15.1. The summed E-state index contributed by atoms with van der Waals surface area (Å²) in [5.41, 5.74) is 7.80. The summed E-state index contributed by atoms with van der Waals surface area (Å²) in [7, 11) is 0. The number of pyridine rings is 1. The molecule has 9 nitrogen and oxygen atoms in total. The number of Topliss-reactive ketones (excluding diaryl/α,β-unsaturated/α-hetero) is 2. The van der Waals surface area contributed by atoms with Gasteiger partial charge in [-0.1, -0.05) is 99.6 Å². The Morgan fingerprint density at radius 1 is 0.870 bits per heavy atom. The zero-order chi connectivity index (χ0) is 33.1. The van der Waals surface area contributed by atoms with E-state index in [1.165, 1.54) is 11.8 Å². The molecule has 1 aliphatic heterocycles. The van der Waals surface area contributed by atoms with Crippen molar-refractivity contribution in [2.45, 2.75) is 45.8 Å². The average Bonchev–Trinajstić information content (AvgIpc) is 3.14. The maximum atomic E-state index is 14.3. The maximum absolute atomic E-state index is 14.3. The smallest absolute Gasteiger partial charge is 0.278 e. The second kappa shape index (κ2) is 13.0. The normalized spacial score (nSPS) is 16.9. The van der Waals surface area contributed by atoms with E-state index in [-0.39, 0.29) is 24.5 Å². The van der Waals surface area contributed by atoms with Crippen molar-refractivity contribution in [3.8, 4) is 11.1 Å². The first kappa shape index (κ1) is 32.1. The number of carbonyl (C=O) groups excluding carboxylic acids is 4. The molecule has 2 amide bonds. The van der Waals surface area contributed by atoms with Crippen LogP contribution in [0.1, 0.15) is 44.5 Å². The molecule has 2 heterocycles. The number of hydrogen-bond donors (Lipinski definition) is 2. The lowest BCUT2D eigenvalue weighted by atomic mass is 9.90. The number of rotatable bonds is 9. The number of nitrogens with two attached hydrogens (primary N) is 1. The number of ketones is 2.